The van der Waals surface area contributed by atoms with E-state index in [1.165, 1.54) is 6.92 Å². The predicted molar refractivity (Wildman–Crippen MR) is 67.1 cm³/mol. The largest absolute Gasteiger partial charge is 0.394 e. The van der Waals surface area contributed by atoms with Gasteiger partial charge in [-0.3, -0.25) is 20.0 Å². The lowest BCUT2D eigenvalue weighted by molar-refractivity contribution is -0.151. The summed E-state index contributed by atoms with van der Waals surface area (Å²) < 4.78 is 11.8. The second-order valence-electron chi connectivity index (χ2n) is 4.24. The van der Waals surface area contributed by atoms with Crippen molar-refractivity contribution in [3.8, 4) is 0 Å². The molecule has 20 heavy (non-hydrogen) atoms. The van der Waals surface area contributed by atoms with Crippen molar-refractivity contribution in [2.75, 3.05) is 20.2 Å². The van der Waals surface area contributed by atoms with Gasteiger partial charge in [-0.15, -0.1) is 0 Å². The molecule has 0 saturated heterocycles. The van der Waals surface area contributed by atoms with E-state index >= 15 is 0 Å². The smallest absolute Gasteiger partial charge is 0.237 e. The molecule has 0 unspecified atom stereocenters. The molecule has 0 saturated carbocycles. The van der Waals surface area contributed by atoms with Crippen LogP contribution in [0.3, 0.4) is 0 Å². The number of nitrogens with zero attached hydrogens (tertiary/aromatic N) is 1. The number of carbonyl (C=O) groups excluding carboxylic acids is 2. The number of hydrogen-bond donors (Lipinski definition) is 5. The second kappa shape index (κ2) is 8.82. The summed E-state index contributed by atoms with van der Waals surface area (Å²) in [5, 5.41) is 38.7. The lowest BCUT2D eigenvalue weighted by Gasteiger charge is -2.31. The molecule has 0 heterocycles. The van der Waals surface area contributed by atoms with E-state index in [2.05, 4.69) is 5.43 Å². The molecule has 0 spiro atoms. The maximum atomic E-state index is 11.3. The quantitative estimate of drug-likeness (QED) is 0.315. The predicted octanol–water partition coefficient (Wildman–Crippen LogP) is -3.02. The molecule has 0 aromatic heterocycles. The summed E-state index contributed by atoms with van der Waals surface area (Å²) in [6.45, 7) is 1.13. The highest BCUT2D eigenvalue weighted by Crippen LogP contribution is 2.10. The van der Waals surface area contributed by atoms with Crippen molar-refractivity contribution >= 4 is 11.8 Å². The van der Waals surface area contributed by atoms with Crippen LogP contribution in [0.15, 0.2) is 0 Å². The zero-order valence-electron chi connectivity index (χ0n) is 12.4. The summed E-state index contributed by atoms with van der Waals surface area (Å²) in [6, 6.07) is 0. The minimum absolute atomic E-state index is 0.422. The molecular formula is C11H22N2O7. The van der Waals surface area contributed by atoms with Crippen LogP contribution in [0.5, 0.6) is 0 Å². The first-order valence-corrected chi connectivity index (χ1v) is 5.85. The average molecular weight is 295 g/mol. The van der Waals surface area contributed by atoms with Crippen LogP contribution in [0.1, 0.15) is 15.2 Å². The van der Waals surface area contributed by atoms with Gasteiger partial charge in [0.25, 0.3) is 0 Å². The molecule has 0 aliphatic rings. The van der Waals surface area contributed by atoms with E-state index in [1.807, 2.05) is 0 Å². The van der Waals surface area contributed by atoms with Gasteiger partial charge in [0.2, 0.25) is 11.8 Å². The van der Waals surface area contributed by atoms with Crippen molar-refractivity contribution in [1.29, 1.82) is 0 Å². The van der Waals surface area contributed by atoms with Gasteiger partial charge in [-0.2, -0.15) is 0 Å². The molecule has 0 rings (SSSR count). The molecule has 0 fully saturated rings. The second-order valence-corrected chi connectivity index (χ2v) is 4.24. The van der Waals surface area contributed by atoms with Crippen LogP contribution in [0.25, 0.3) is 0 Å². The van der Waals surface area contributed by atoms with Crippen LogP contribution in [-0.4, -0.2) is 81.9 Å². The molecule has 0 bridgehead atoms. The fourth-order valence-electron chi connectivity index (χ4n) is 1.50. The Morgan fingerprint density at radius 2 is 1.90 bits per heavy atom. The Hall–Kier alpha value is -1.26. The average Bonchev–Trinajstić information content (AvgIpc) is 2.41. The van der Waals surface area contributed by atoms with Crippen molar-refractivity contribution in [3.63, 3.8) is 0 Å². The lowest BCUT2D eigenvalue weighted by atomic mass is 10.0. The number of methoxy groups -OCH3 is 1. The number of hydrogen-bond acceptors (Lipinski definition) is 7. The van der Waals surface area contributed by atoms with Gasteiger partial charge >= 0.3 is 0 Å². The number of aliphatic hydroxyl groups excluding tert-OH is 4. The van der Waals surface area contributed by atoms with E-state index in [1.54, 1.807) is 0 Å². The first-order valence-electron chi connectivity index (χ1n) is 6.56. The van der Waals surface area contributed by atoms with Crippen molar-refractivity contribution in [3.05, 3.63) is 0 Å². The minimum Gasteiger partial charge on any atom is -0.394 e. The summed E-state index contributed by atoms with van der Waals surface area (Å²) in [4.78, 5) is 22.3. The molecule has 5 N–H and O–H groups in total. The molecular weight excluding hydrogens is 272 g/mol. The van der Waals surface area contributed by atoms with E-state index < -0.39 is 56.5 Å². The summed E-state index contributed by atoms with van der Waals surface area (Å²) in [6.07, 6.45) is -6.16. The third-order valence-electron chi connectivity index (χ3n) is 2.53. The normalized spacial score (nSPS) is 17.6. The molecule has 0 aliphatic carbocycles. The lowest BCUT2D eigenvalue weighted by Crippen LogP contribution is -2.54. The van der Waals surface area contributed by atoms with Crippen molar-refractivity contribution in [2.45, 2.75) is 38.3 Å². The van der Waals surface area contributed by atoms with Crippen LogP contribution in [0, 0.1) is 0 Å². The van der Waals surface area contributed by atoms with Gasteiger partial charge in [0.15, 0.2) is 0 Å². The summed E-state index contributed by atoms with van der Waals surface area (Å²) in [7, 11) is -0.614. The zero-order valence-corrected chi connectivity index (χ0v) is 11.4. The Morgan fingerprint density at radius 3 is 2.30 bits per heavy atom. The molecule has 2 amide bonds. The standard InChI is InChI=1S/C11H22N2O7/c1-6(15)12-13(7(2)16)4-8(17)11(20-3)10(19)9(18)5-14/h8-11,14,17-19H,4-5H2,1-3H3,(H,12,15)/t8-,9+,10+,11+/m0/s1/i3D. The minimum atomic E-state index is -1.67. The third kappa shape index (κ3) is 5.80. The van der Waals surface area contributed by atoms with Gasteiger partial charge in [-0.05, 0) is 0 Å². The van der Waals surface area contributed by atoms with E-state index in [-0.39, 0.29) is 0 Å². The van der Waals surface area contributed by atoms with Crippen LogP contribution < -0.4 is 5.43 Å². The van der Waals surface area contributed by atoms with Crippen molar-refractivity contribution in [2.24, 2.45) is 0 Å². The molecule has 0 radical (unpaired) electrons. The van der Waals surface area contributed by atoms with Gasteiger partial charge in [0.05, 0.1) is 14.5 Å². The number of carbonyl (C=O) groups is 2. The summed E-state index contributed by atoms with van der Waals surface area (Å²) in [5.41, 5.74) is 2.18. The van der Waals surface area contributed by atoms with Crippen molar-refractivity contribution in [1.82, 2.24) is 10.4 Å². The molecule has 0 aromatic carbocycles. The topological polar surface area (TPSA) is 140 Å². The van der Waals surface area contributed by atoms with E-state index in [0.717, 1.165) is 11.9 Å². The maximum absolute atomic E-state index is 11.3. The van der Waals surface area contributed by atoms with E-state index in [9.17, 15) is 24.9 Å². The van der Waals surface area contributed by atoms with Crippen LogP contribution in [0.4, 0.5) is 0 Å². The molecule has 4 atom stereocenters. The number of ether oxygens (including phenoxy) is 1. The Morgan fingerprint density at radius 1 is 1.30 bits per heavy atom. The summed E-state index contributed by atoms with van der Waals surface area (Å²) in [5.74, 6) is -1.10. The highest BCUT2D eigenvalue weighted by Gasteiger charge is 2.33. The first-order chi connectivity index (χ1) is 9.74. The van der Waals surface area contributed by atoms with Gasteiger partial charge in [0, 0.05) is 20.9 Å². The van der Waals surface area contributed by atoms with E-state index in [4.69, 9.17) is 11.2 Å². The highest BCUT2D eigenvalue weighted by atomic mass is 16.5. The number of aliphatic hydroxyl groups is 4. The maximum Gasteiger partial charge on any atom is 0.237 e. The number of hydrazine groups is 1. The number of nitrogens with one attached hydrogen (secondary N) is 1. The Labute approximate surface area is 118 Å². The SMILES string of the molecule is [2H]CO[C@@H]([C@H](O)[C@H](O)CO)[C@@H](O)CN(NC(C)=O)C(C)=O. The molecule has 0 aliphatic heterocycles. The Kier molecular flexibility index (Phi) is 7.41. The fourth-order valence-corrected chi connectivity index (χ4v) is 1.50. The van der Waals surface area contributed by atoms with Crippen molar-refractivity contribution < 1.29 is 36.1 Å². The third-order valence-corrected chi connectivity index (χ3v) is 2.53. The first kappa shape index (κ1) is 16.8. The molecule has 118 valence electrons. The van der Waals surface area contributed by atoms with Gasteiger partial charge in [-0.1, -0.05) is 0 Å². The monoisotopic (exact) mass is 295 g/mol. The highest BCUT2D eigenvalue weighted by molar-refractivity contribution is 5.79. The molecule has 0 aromatic rings. The van der Waals surface area contributed by atoms with Crippen LogP contribution in [-0.2, 0) is 14.3 Å². The van der Waals surface area contributed by atoms with Gasteiger partial charge in [-0.25, -0.2) is 0 Å². The zero-order chi connectivity index (χ0) is 16.6. The van der Waals surface area contributed by atoms with Crippen LogP contribution in [0.2, 0.25) is 0 Å². The van der Waals surface area contributed by atoms with Crippen LogP contribution >= 0.6 is 0 Å². The number of amides is 2. The fraction of sp³-hybridized carbons (Fsp3) is 0.818. The van der Waals surface area contributed by atoms with E-state index in [0.29, 0.717) is 0 Å². The van der Waals surface area contributed by atoms with Gasteiger partial charge in [0.1, 0.15) is 24.4 Å². The summed E-state index contributed by atoms with van der Waals surface area (Å²) >= 11 is 0. The molecule has 9 heteroatoms. The molecule has 9 nitrogen and oxygen atoms in total. The Balaban J connectivity index is 4.89. The Bertz CT molecular complexity index is 345. The number of rotatable bonds is 7. The van der Waals surface area contributed by atoms with Gasteiger partial charge < -0.3 is 25.2 Å².